The minimum atomic E-state index is 0.175. The van der Waals surface area contributed by atoms with Crippen LogP contribution in [0.3, 0.4) is 0 Å². The van der Waals surface area contributed by atoms with Gasteiger partial charge in [0.15, 0.2) is 0 Å². The number of nitriles is 1. The zero-order chi connectivity index (χ0) is 10.4. The lowest BCUT2D eigenvalue weighted by Crippen LogP contribution is -2.21. The number of ether oxygens (including phenoxy) is 1. The number of anilines is 1. The molecular weight excluding hydrogens is 178 g/mol. The number of nitrogens with one attached hydrogen (secondary N) is 1. The summed E-state index contributed by atoms with van der Waals surface area (Å²) in [4.78, 5) is 3.88. The van der Waals surface area contributed by atoms with Gasteiger partial charge in [0.1, 0.15) is 6.07 Å². The lowest BCUT2D eigenvalue weighted by Gasteiger charge is -2.14. The molecule has 0 radical (unpaired) electrons. The van der Waals surface area contributed by atoms with Crippen LogP contribution in [-0.2, 0) is 4.74 Å². The van der Waals surface area contributed by atoms with E-state index >= 15 is 0 Å². The number of nitrogens with zero attached hydrogens (tertiary/aromatic N) is 2. The molecule has 1 atom stereocenters. The summed E-state index contributed by atoms with van der Waals surface area (Å²) in [6.07, 6.45) is 3.20. The van der Waals surface area contributed by atoms with Crippen molar-refractivity contribution < 1.29 is 4.74 Å². The van der Waals surface area contributed by atoms with E-state index in [2.05, 4.69) is 16.4 Å². The van der Waals surface area contributed by atoms with Crippen LogP contribution >= 0.6 is 0 Å². The molecule has 0 spiro atoms. The maximum absolute atomic E-state index is 8.80. The molecule has 1 aromatic heterocycles. The Bertz CT molecular complexity index is 332. The summed E-state index contributed by atoms with van der Waals surface area (Å²) in [6, 6.07) is 4.04. The Morgan fingerprint density at radius 3 is 3.14 bits per heavy atom. The van der Waals surface area contributed by atoms with Gasteiger partial charge < -0.3 is 10.1 Å². The van der Waals surface area contributed by atoms with Gasteiger partial charge in [-0.2, -0.15) is 5.26 Å². The fourth-order valence-corrected chi connectivity index (χ4v) is 1.17. The molecule has 4 heteroatoms. The third-order valence-electron chi connectivity index (χ3n) is 1.76. The summed E-state index contributed by atoms with van der Waals surface area (Å²) in [6.45, 7) is 2.60. The molecular formula is C10H13N3O. The third kappa shape index (κ3) is 2.71. The highest BCUT2D eigenvalue weighted by Gasteiger charge is 2.04. The van der Waals surface area contributed by atoms with Crippen LogP contribution in [0.4, 0.5) is 5.69 Å². The van der Waals surface area contributed by atoms with E-state index < -0.39 is 0 Å². The molecule has 0 bridgehead atoms. The van der Waals surface area contributed by atoms with Gasteiger partial charge in [-0.3, -0.25) is 4.98 Å². The molecule has 0 saturated heterocycles. The maximum atomic E-state index is 8.80. The minimum absolute atomic E-state index is 0.175. The van der Waals surface area contributed by atoms with Crippen LogP contribution in [-0.4, -0.2) is 24.7 Å². The van der Waals surface area contributed by atoms with Crippen molar-refractivity contribution in [1.82, 2.24) is 4.98 Å². The first-order chi connectivity index (χ1) is 6.77. The topological polar surface area (TPSA) is 57.9 Å². The average Bonchev–Trinajstić information content (AvgIpc) is 2.19. The van der Waals surface area contributed by atoms with Gasteiger partial charge in [0.2, 0.25) is 0 Å². The summed E-state index contributed by atoms with van der Waals surface area (Å²) < 4.78 is 4.99. The first kappa shape index (κ1) is 10.5. The van der Waals surface area contributed by atoms with Gasteiger partial charge in [-0.25, -0.2) is 0 Å². The fraction of sp³-hybridized carbons (Fsp3) is 0.400. The van der Waals surface area contributed by atoms with E-state index in [4.69, 9.17) is 10.00 Å². The number of aromatic nitrogens is 1. The molecule has 1 aromatic rings. The number of pyridine rings is 1. The van der Waals surface area contributed by atoms with Crippen molar-refractivity contribution in [2.75, 3.05) is 19.0 Å². The molecule has 0 aliphatic rings. The lowest BCUT2D eigenvalue weighted by atomic mass is 10.2. The van der Waals surface area contributed by atoms with Crippen molar-refractivity contribution in [3.8, 4) is 6.07 Å². The van der Waals surface area contributed by atoms with Crippen LogP contribution in [0.1, 0.15) is 12.5 Å². The number of methoxy groups -OCH3 is 1. The molecule has 74 valence electrons. The second-order valence-corrected chi connectivity index (χ2v) is 3.03. The zero-order valence-electron chi connectivity index (χ0n) is 8.32. The molecule has 0 fully saturated rings. The van der Waals surface area contributed by atoms with E-state index in [1.807, 2.05) is 6.92 Å². The van der Waals surface area contributed by atoms with Crippen LogP contribution in [0, 0.1) is 11.3 Å². The summed E-state index contributed by atoms with van der Waals surface area (Å²) in [7, 11) is 1.65. The zero-order valence-corrected chi connectivity index (χ0v) is 8.32. The fourth-order valence-electron chi connectivity index (χ4n) is 1.17. The highest BCUT2D eigenvalue weighted by atomic mass is 16.5. The Labute approximate surface area is 83.5 Å². The molecule has 1 rings (SSSR count). The SMILES string of the molecule is COC[C@@H](C)Nc1ccncc1C#N. The van der Waals surface area contributed by atoms with Crippen LogP contribution in [0.2, 0.25) is 0 Å². The largest absolute Gasteiger partial charge is 0.383 e. The smallest absolute Gasteiger partial charge is 0.103 e. The first-order valence-corrected chi connectivity index (χ1v) is 4.37. The van der Waals surface area contributed by atoms with Crippen LogP contribution < -0.4 is 5.32 Å². The summed E-state index contributed by atoms with van der Waals surface area (Å²) >= 11 is 0. The van der Waals surface area contributed by atoms with E-state index in [1.165, 1.54) is 0 Å². The highest BCUT2D eigenvalue weighted by Crippen LogP contribution is 2.12. The second-order valence-electron chi connectivity index (χ2n) is 3.03. The monoisotopic (exact) mass is 191 g/mol. The van der Waals surface area contributed by atoms with E-state index in [0.29, 0.717) is 12.2 Å². The van der Waals surface area contributed by atoms with Crippen molar-refractivity contribution in [3.63, 3.8) is 0 Å². The van der Waals surface area contributed by atoms with Crippen molar-refractivity contribution in [2.45, 2.75) is 13.0 Å². The maximum Gasteiger partial charge on any atom is 0.103 e. The van der Waals surface area contributed by atoms with Crippen molar-refractivity contribution in [2.24, 2.45) is 0 Å². The Kier molecular flexibility index (Phi) is 3.89. The normalized spacial score (nSPS) is 11.8. The minimum Gasteiger partial charge on any atom is -0.383 e. The molecule has 0 amide bonds. The molecule has 0 saturated carbocycles. The molecule has 0 aliphatic heterocycles. The third-order valence-corrected chi connectivity index (χ3v) is 1.76. The summed E-state index contributed by atoms with van der Waals surface area (Å²) in [5.41, 5.74) is 1.35. The van der Waals surface area contributed by atoms with E-state index in [1.54, 1.807) is 25.6 Å². The molecule has 0 aliphatic carbocycles. The average molecular weight is 191 g/mol. The number of rotatable bonds is 4. The quantitative estimate of drug-likeness (QED) is 0.781. The number of hydrogen-bond donors (Lipinski definition) is 1. The van der Waals surface area contributed by atoms with Crippen LogP contribution in [0.15, 0.2) is 18.5 Å². The summed E-state index contributed by atoms with van der Waals surface area (Å²) in [5, 5.41) is 12.0. The number of hydrogen-bond acceptors (Lipinski definition) is 4. The molecule has 14 heavy (non-hydrogen) atoms. The van der Waals surface area contributed by atoms with Crippen LogP contribution in [0.25, 0.3) is 0 Å². The van der Waals surface area contributed by atoms with Gasteiger partial charge in [0, 0.05) is 25.5 Å². The highest BCUT2D eigenvalue weighted by molar-refractivity contribution is 5.56. The Morgan fingerprint density at radius 1 is 1.71 bits per heavy atom. The predicted molar refractivity (Wildman–Crippen MR) is 53.9 cm³/mol. The Morgan fingerprint density at radius 2 is 2.50 bits per heavy atom. The van der Waals surface area contributed by atoms with E-state index in [9.17, 15) is 0 Å². The van der Waals surface area contributed by atoms with Crippen molar-refractivity contribution >= 4 is 5.69 Å². The van der Waals surface area contributed by atoms with Crippen molar-refractivity contribution in [3.05, 3.63) is 24.0 Å². The van der Waals surface area contributed by atoms with Gasteiger partial charge in [0.05, 0.1) is 17.9 Å². The Hall–Kier alpha value is -1.60. The van der Waals surface area contributed by atoms with Crippen LogP contribution in [0.5, 0.6) is 0 Å². The van der Waals surface area contributed by atoms with Crippen molar-refractivity contribution in [1.29, 1.82) is 5.26 Å². The Balaban J connectivity index is 2.71. The standard InChI is InChI=1S/C10H13N3O/c1-8(7-14-2)13-10-3-4-12-6-9(10)5-11/h3-4,6,8H,7H2,1-2H3,(H,12,13)/t8-/m1/s1. The van der Waals surface area contributed by atoms with Gasteiger partial charge in [0.25, 0.3) is 0 Å². The van der Waals surface area contributed by atoms with Gasteiger partial charge in [-0.05, 0) is 13.0 Å². The van der Waals surface area contributed by atoms with Gasteiger partial charge >= 0.3 is 0 Å². The van der Waals surface area contributed by atoms with Gasteiger partial charge in [-0.15, -0.1) is 0 Å². The molecule has 1 N–H and O–H groups in total. The molecule has 1 heterocycles. The summed E-state index contributed by atoms with van der Waals surface area (Å²) in [5.74, 6) is 0. The molecule has 0 unspecified atom stereocenters. The van der Waals surface area contributed by atoms with Gasteiger partial charge in [-0.1, -0.05) is 0 Å². The first-order valence-electron chi connectivity index (χ1n) is 4.37. The lowest BCUT2D eigenvalue weighted by molar-refractivity contribution is 0.190. The van der Waals surface area contributed by atoms with E-state index in [-0.39, 0.29) is 6.04 Å². The molecule has 0 aromatic carbocycles. The predicted octanol–water partition coefficient (Wildman–Crippen LogP) is 1.40. The second kappa shape index (κ2) is 5.20. The van der Waals surface area contributed by atoms with E-state index in [0.717, 1.165) is 5.69 Å². The molecule has 4 nitrogen and oxygen atoms in total.